The Morgan fingerprint density at radius 1 is 0.688 bits per heavy atom. The van der Waals surface area contributed by atoms with E-state index in [1.165, 1.54) is 12.2 Å². The maximum atomic E-state index is 7.83. The van der Waals surface area contributed by atoms with E-state index in [1.807, 2.05) is 0 Å². The zero-order valence-electron chi connectivity index (χ0n) is 9.29. The van der Waals surface area contributed by atoms with Gasteiger partial charge in [0.25, 0.3) is 0 Å². The molecule has 0 bridgehead atoms. The third-order valence-corrected chi connectivity index (χ3v) is 1.86. The summed E-state index contributed by atoms with van der Waals surface area (Å²) in [5, 5.41) is 15.7. The number of allylic oxidation sites excluding steroid dienone is 8. The van der Waals surface area contributed by atoms with Gasteiger partial charge in [0.05, 0.1) is 11.4 Å². The van der Waals surface area contributed by atoms with Crippen LogP contribution in [0.1, 0.15) is 0 Å². The van der Waals surface area contributed by atoms with Crippen LogP contribution in [0.25, 0.3) is 0 Å². The third kappa shape index (κ3) is 3.50. The molecule has 0 aliphatic rings. The minimum atomic E-state index is 0.0860. The molecule has 0 aliphatic heterocycles. The summed E-state index contributed by atoms with van der Waals surface area (Å²) >= 11 is 0. The quantitative estimate of drug-likeness (QED) is 0.478. The molecular weight excluding hydrogens is 196 g/mol. The van der Waals surface area contributed by atoms with E-state index in [4.69, 9.17) is 10.8 Å². The first-order valence-corrected chi connectivity index (χ1v) is 4.70. The average molecular weight is 212 g/mol. The summed E-state index contributed by atoms with van der Waals surface area (Å²) in [5.74, 6) is 0. The Hall–Kier alpha value is -2.22. The molecule has 0 aromatic rings. The minimum absolute atomic E-state index is 0.0860. The maximum Gasteiger partial charge on any atom is 0.0867 e. The van der Waals surface area contributed by atoms with Crippen LogP contribution in [-0.2, 0) is 0 Å². The van der Waals surface area contributed by atoms with Gasteiger partial charge < -0.3 is 0 Å². The van der Waals surface area contributed by atoms with Gasteiger partial charge in [0.1, 0.15) is 0 Å². The summed E-state index contributed by atoms with van der Waals surface area (Å²) in [5.41, 5.74) is 1.28. The largest absolute Gasteiger partial charge is 0.298 e. The molecule has 0 amide bonds. The molecule has 0 atom stereocenters. The first-order chi connectivity index (χ1) is 7.62. The fraction of sp³-hybridized carbons (Fsp3) is 0. The highest BCUT2D eigenvalue weighted by atomic mass is 14.5. The molecule has 0 rings (SSSR count). The highest BCUT2D eigenvalue weighted by molar-refractivity contribution is 6.52. The summed E-state index contributed by atoms with van der Waals surface area (Å²) in [6.07, 6.45) is 9.44. The second kappa shape index (κ2) is 7.12. The third-order valence-electron chi connectivity index (χ3n) is 1.86. The highest BCUT2D eigenvalue weighted by Crippen LogP contribution is 2.07. The molecule has 0 radical (unpaired) electrons. The van der Waals surface area contributed by atoms with Gasteiger partial charge in [-0.15, -0.1) is 0 Å². The lowest BCUT2D eigenvalue weighted by Crippen LogP contribution is -2.15. The molecule has 0 heterocycles. The lowest BCUT2D eigenvalue weighted by atomic mass is 9.99. The van der Waals surface area contributed by atoms with Gasteiger partial charge in [0, 0.05) is 11.1 Å². The minimum Gasteiger partial charge on any atom is -0.298 e. The zero-order chi connectivity index (χ0) is 12.6. The Kier molecular flexibility index (Phi) is 6.13. The first-order valence-electron chi connectivity index (χ1n) is 4.70. The molecule has 0 spiro atoms. The summed E-state index contributed by atoms with van der Waals surface area (Å²) in [7, 11) is 0. The molecule has 0 aromatic carbocycles. The molecule has 2 N–H and O–H groups in total. The number of hydrogen-bond acceptors (Lipinski definition) is 2. The number of hydrogen-bond donors (Lipinski definition) is 2. The van der Waals surface area contributed by atoms with E-state index in [9.17, 15) is 0 Å². The Morgan fingerprint density at radius 3 is 1.19 bits per heavy atom. The maximum absolute atomic E-state index is 7.83. The molecule has 82 valence electrons. The van der Waals surface area contributed by atoms with Crippen molar-refractivity contribution < 1.29 is 0 Å². The van der Waals surface area contributed by atoms with Crippen molar-refractivity contribution in [3.8, 4) is 0 Å². The zero-order valence-corrected chi connectivity index (χ0v) is 9.29. The van der Waals surface area contributed by atoms with Crippen LogP contribution < -0.4 is 0 Å². The second-order valence-corrected chi connectivity index (χ2v) is 2.87. The van der Waals surface area contributed by atoms with Crippen molar-refractivity contribution in [3.05, 3.63) is 73.9 Å². The lowest BCUT2D eigenvalue weighted by molar-refractivity contribution is 1.46. The van der Waals surface area contributed by atoms with Crippen LogP contribution >= 0.6 is 0 Å². The molecule has 0 aliphatic carbocycles. The topological polar surface area (TPSA) is 47.7 Å². The van der Waals surface area contributed by atoms with Crippen molar-refractivity contribution >= 4 is 11.4 Å². The van der Waals surface area contributed by atoms with E-state index in [2.05, 4.69) is 26.3 Å². The van der Waals surface area contributed by atoms with Crippen LogP contribution in [0.15, 0.2) is 73.9 Å². The Labute approximate surface area is 96.7 Å². The van der Waals surface area contributed by atoms with E-state index < -0.39 is 0 Å². The first kappa shape index (κ1) is 13.8. The summed E-state index contributed by atoms with van der Waals surface area (Å²) in [4.78, 5) is 0. The molecular formula is C14H16N2. The van der Waals surface area contributed by atoms with Crippen molar-refractivity contribution in [2.75, 3.05) is 0 Å². The smallest absolute Gasteiger partial charge is 0.0867 e. The van der Waals surface area contributed by atoms with Crippen LogP contribution in [-0.4, -0.2) is 11.4 Å². The van der Waals surface area contributed by atoms with Crippen molar-refractivity contribution in [1.29, 1.82) is 10.8 Å². The predicted molar refractivity (Wildman–Crippen MR) is 72.4 cm³/mol. The predicted octanol–water partition coefficient (Wildman–Crippen LogP) is 3.62. The lowest BCUT2D eigenvalue weighted by Gasteiger charge is -2.06. The van der Waals surface area contributed by atoms with Gasteiger partial charge in [-0.3, -0.25) is 10.8 Å². The standard InChI is InChI=1S/C14H16N2/c1-5-9-11(7-3)13(15)14(16)12(8-4)10-6-2/h5-10,15-16H,1-4H2. The van der Waals surface area contributed by atoms with Crippen LogP contribution in [0.5, 0.6) is 0 Å². The van der Waals surface area contributed by atoms with Gasteiger partial charge in [-0.2, -0.15) is 0 Å². The second-order valence-electron chi connectivity index (χ2n) is 2.87. The Morgan fingerprint density at radius 2 is 1.00 bits per heavy atom. The fourth-order valence-corrected chi connectivity index (χ4v) is 1.05. The summed E-state index contributed by atoms with van der Waals surface area (Å²) in [6, 6.07) is 0. The van der Waals surface area contributed by atoms with Crippen LogP contribution in [0.3, 0.4) is 0 Å². The van der Waals surface area contributed by atoms with Gasteiger partial charge in [-0.25, -0.2) is 0 Å². The molecule has 0 unspecified atom stereocenters. The number of rotatable bonds is 7. The summed E-state index contributed by atoms with van der Waals surface area (Å²) in [6.45, 7) is 14.3. The van der Waals surface area contributed by atoms with E-state index in [-0.39, 0.29) is 11.4 Å². The number of nitrogens with one attached hydrogen (secondary N) is 2. The van der Waals surface area contributed by atoms with Gasteiger partial charge >= 0.3 is 0 Å². The van der Waals surface area contributed by atoms with Gasteiger partial charge in [-0.05, 0) is 0 Å². The van der Waals surface area contributed by atoms with Crippen molar-refractivity contribution in [1.82, 2.24) is 0 Å². The molecule has 0 saturated carbocycles. The molecule has 16 heavy (non-hydrogen) atoms. The van der Waals surface area contributed by atoms with Gasteiger partial charge in [0.2, 0.25) is 0 Å². The van der Waals surface area contributed by atoms with Crippen LogP contribution in [0, 0.1) is 10.8 Å². The molecule has 0 saturated heterocycles. The monoisotopic (exact) mass is 212 g/mol. The van der Waals surface area contributed by atoms with E-state index in [0.29, 0.717) is 11.1 Å². The van der Waals surface area contributed by atoms with E-state index in [1.54, 1.807) is 24.3 Å². The van der Waals surface area contributed by atoms with Crippen molar-refractivity contribution in [2.45, 2.75) is 0 Å². The molecule has 0 aromatic heterocycles. The van der Waals surface area contributed by atoms with Gasteiger partial charge in [0.15, 0.2) is 0 Å². The average Bonchev–Trinajstić information content (AvgIpc) is 2.31. The van der Waals surface area contributed by atoms with E-state index in [0.717, 1.165) is 0 Å². The van der Waals surface area contributed by atoms with Crippen molar-refractivity contribution in [2.24, 2.45) is 0 Å². The molecule has 2 nitrogen and oxygen atoms in total. The van der Waals surface area contributed by atoms with Crippen LogP contribution in [0.4, 0.5) is 0 Å². The highest BCUT2D eigenvalue weighted by Gasteiger charge is 2.10. The normalized spacial score (nSPS) is 11.5. The Balaban J connectivity index is 5.20. The van der Waals surface area contributed by atoms with Crippen molar-refractivity contribution in [3.63, 3.8) is 0 Å². The van der Waals surface area contributed by atoms with Gasteiger partial charge in [-0.1, -0.05) is 62.8 Å². The molecule has 0 fully saturated rings. The fourth-order valence-electron chi connectivity index (χ4n) is 1.05. The Bertz CT molecular complexity index is 366. The molecule has 2 heteroatoms. The van der Waals surface area contributed by atoms with Crippen LogP contribution in [0.2, 0.25) is 0 Å². The summed E-state index contributed by atoms with van der Waals surface area (Å²) < 4.78 is 0. The SMILES string of the molecule is C=CC=C(C=C)C(=N)C(=N)C(C=C)=CC=C. The van der Waals surface area contributed by atoms with E-state index >= 15 is 0 Å².